The van der Waals surface area contributed by atoms with Gasteiger partial charge in [0.1, 0.15) is 5.75 Å². The highest BCUT2D eigenvalue weighted by Gasteiger charge is 2.14. The number of methoxy groups -OCH3 is 1. The van der Waals surface area contributed by atoms with E-state index in [0.717, 1.165) is 5.56 Å². The zero-order valence-corrected chi connectivity index (χ0v) is 16.4. The van der Waals surface area contributed by atoms with Crippen LogP contribution >= 0.6 is 0 Å². The maximum Gasteiger partial charge on any atom is 0.261 e. The number of rotatable bonds is 9. The van der Waals surface area contributed by atoms with Crippen molar-refractivity contribution in [1.29, 1.82) is 0 Å². The molecule has 7 nitrogen and oxygen atoms in total. The highest BCUT2D eigenvalue weighted by atomic mass is 32.2. The number of sulfonamides is 1. The summed E-state index contributed by atoms with van der Waals surface area (Å²) in [5.74, 6) is 0.122. The second kappa shape index (κ2) is 9.38. The summed E-state index contributed by atoms with van der Waals surface area (Å²) in [6.07, 6.45) is 0. The summed E-state index contributed by atoms with van der Waals surface area (Å²) in [6.45, 7) is 3.95. The van der Waals surface area contributed by atoms with Crippen molar-refractivity contribution in [2.45, 2.75) is 24.8 Å². The van der Waals surface area contributed by atoms with Crippen LogP contribution in [0.5, 0.6) is 5.75 Å². The van der Waals surface area contributed by atoms with E-state index in [1.54, 1.807) is 25.3 Å². The standard InChI is InChI=1S/C19H24N2O5S/c1-14-5-4-6-16(11-14)21-27(23,24)18-9-7-17(8-10-18)26-13-19(22)20-15(2)12-25-3/h4-11,15,21H,12-13H2,1-3H3,(H,20,22)/t15-/m1/s1. The van der Waals surface area contributed by atoms with Crippen molar-refractivity contribution in [3.8, 4) is 5.75 Å². The fourth-order valence-corrected chi connectivity index (χ4v) is 3.44. The number of hydrogen-bond donors (Lipinski definition) is 2. The van der Waals surface area contributed by atoms with Crippen molar-refractivity contribution in [1.82, 2.24) is 5.32 Å². The molecule has 1 atom stereocenters. The average Bonchev–Trinajstić information content (AvgIpc) is 2.60. The van der Waals surface area contributed by atoms with Gasteiger partial charge in [0.05, 0.1) is 11.5 Å². The molecule has 1 amide bonds. The van der Waals surface area contributed by atoms with Crippen LogP contribution in [0, 0.1) is 6.92 Å². The maximum atomic E-state index is 12.4. The zero-order valence-electron chi connectivity index (χ0n) is 15.6. The molecule has 0 aliphatic heterocycles. The lowest BCUT2D eigenvalue weighted by atomic mass is 10.2. The first-order valence-corrected chi connectivity index (χ1v) is 9.89. The summed E-state index contributed by atoms with van der Waals surface area (Å²) in [4.78, 5) is 11.9. The van der Waals surface area contributed by atoms with Gasteiger partial charge in [0, 0.05) is 18.8 Å². The largest absolute Gasteiger partial charge is 0.484 e. The lowest BCUT2D eigenvalue weighted by Crippen LogP contribution is -2.38. The highest BCUT2D eigenvalue weighted by Crippen LogP contribution is 2.19. The molecule has 8 heteroatoms. The Bertz CT molecular complexity index is 866. The topological polar surface area (TPSA) is 93.7 Å². The minimum absolute atomic E-state index is 0.106. The molecule has 0 saturated carbocycles. The van der Waals surface area contributed by atoms with Gasteiger partial charge in [-0.1, -0.05) is 12.1 Å². The van der Waals surface area contributed by atoms with Crippen LogP contribution in [0.3, 0.4) is 0 Å². The van der Waals surface area contributed by atoms with E-state index in [0.29, 0.717) is 18.0 Å². The molecule has 0 spiro atoms. The number of aryl methyl sites for hydroxylation is 1. The zero-order chi connectivity index (χ0) is 19.9. The summed E-state index contributed by atoms with van der Waals surface area (Å²) >= 11 is 0. The van der Waals surface area contributed by atoms with Gasteiger partial charge in [0.2, 0.25) is 0 Å². The van der Waals surface area contributed by atoms with E-state index in [4.69, 9.17) is 9.47 Å². The fourth-order valence-electron chi connectivity index (χ4n) is 2.39. The molecule has 146 valence electrons. The van der Waals surface area contributed by atoms with Crippen LogP contribution in [0.15, 0.2) is 53.4 Å². The normalized spacial score (nSPS) is 12.3. The Labute approximate surface area is 159 Å². The number of nitrogens with one attached hydrogen (secondary N) is 2. The van der Waals surface area contributed by atoms with E-state index in [2.05, 4.69) is 10.0 Å². The number of anilines is 1. The molecule has 2 N–H and O–H groups in total. The number of hydrogen-bond acceptors (Lipinski definition) is 5. The third-order valence-electron chi connectivity index (χ3n) is 3.60. The minimum atomic E-state index is -3.70. The molecule has 0 unspecified atom stereocenters. The van der Waals surface area contributed by atoms with Gasteiger partial charge in [-0.3, -0.25) is 9.52 Å². The van der Waals surface area contributed by atoms with E-state index in [-0.39, 0.29) is 23.5 Å². The number of amides is 1. The van der Waals surface area contributed by atoms with E-state index < -0.39 is 10.0 Å². The molecule has 2 aromatic carbocycles. The third-order valence-corrected chi connectivity index (χ3v) is 5.00. The second-order valence-electron chi connectivity index (χ2n) is 6.16. The fraction of sp³-hybridized carbons (Fsp3) is 0.316. The van der Waals surface area contributed by atoms with Crippen molar-refractivity contribution in [3.63, 3.8) is 0 Å². The summed E-state index contributed by atoms with van der Waals surface area (Å²) < 4.78 is 37.7. The summed E-state index contributed by atoms with van der Waals surface area (Å²) in [6, 6.07) is 12.9. The Hall–Kier alpha value is -2.58. The van der Waals surface area contributed by atoms with Crippen LogP contribution in [0.2, 0.25) is 0 Å². The summed E-state index contributed by atoms with van der Waals surface area (Å²) in [7, 11) is -2.14. The molecule has 0 radical (unpaired) electrons. The smallest absolute Gasteiger partial charge is 0.261 e. The maximum absolute atomic E-state index is 12.4. The van der Waals surface area contributed by atoms with Gasteiger partial charge in [0.25, 0.3) is 15.9 Å². The van der Waals surface area contributed by atoms with Gasteiger partial charge in [-0.15, -0.1) is 0 Å². The van der Waals surface area contributed by atoms with E-state index in [1.165, 1.54) is 24.3 Å². The van der Waals surface area contributed by atoms with Crippen molar-refractivity contribution in [3.05, 3.63) is 54.1 Å². The predicted octanol–water partition coefficient (Wildman–Crippen LogP) is 2.33. The quantitative estimate of drug-likeness (QED) is 0.683. The van der Waals surface area contributed by atoms with Crippen LogP contribution < -0.4 is 14.8 Å². The van der Waals surface area contributed by atoms with Crippen molar-refractivity contribution >= 4 is 21.6 Å². The Morgan fingerprint density at radius 3 is 2.48 bits per heavy atom. The third kappa shape index (κ3) is 6.58. The van der Waals surface area contributed by atoms with Gasteiger partial charge in [-0.2, -0.15) is 0 Å². The molecule has 0 fully saturated rings. The Morgan fingerprint density at radius 1 is 1.15 bits per heavy atom. The first-order chi connectivity index (χ1) is 12.8. The number of ether oxygens (including phenoxy) is 2. The Kier molecular flexibility index (Phi) is 7.20. The lowest BCUT2D eigenvalue weighted by Gasteiger charge is -2.13. The molecular weight excluding hydrogens is 368 g/mol. The molecule has 0 bridgehead atoms. The van der Waals surface area contributed by atoms with E-state index in [1.807, 2.05) is 19.9 Å². The first kappa shape index (κ1) is 20.7. The van der Waals surface area contributed by atoms with Crippen molar-refractivity contribution in [2.24, 2.45) is 0 Å². The number of carbonyl (C=O) groups excluding carboxylic acids is 1. The van der Waals surface area contributed by atoms with Crippen LogP contribution in [-0.4, -0.2) is 40.7 Å². The van der Waals surface area contributed by atoms with Gasteiger partial charge < -0.3 is 14.8 Å². The molecule has 2 aromatic rings. The number of benzene rings is 2. The molecule has 0 saturated heterocycles. The van der Waals surface area contributed by atoms with Gasteiger partial charge >= 0.3 is 0 Å². The van der Waals surface area contributed by atoms with E-state index >= 15 is 0 Å². The molecule has 0 heterocycles. The number of carbonyl (C=O) groups is 1. The van der Waals surface area contributed by atoms with Crippen molar-refractivity contribution in [2.75, 3.05) is 25.0 Å². The SMILES string of the molecule is COC[C@@H](C)NC(=O)COc1ccc(S(=O)(=O)Nc2cccc(C)c2)cc1. The van der Waals surface area contributed by atoms with Gasteiger partial charge in [0.15, 0.2) is 6.61 Å². The van der Waals surface area contributed by atoms with Crippen molar-refractivity contribution < 1.29 is 22.7 Å². The van der Waals surface area contributed by atoms with Crippen LogP contribution in [-0.2, 0) is 19.6 Å². The molecule has 2 rings (SSSR count). The summed E-state index contributed by atoms with van der Waals surface area (Å²) in [5.41, 5.74) is 1.45. The molecule has 27 heavy (non-hydrogen) atoms. The highest BCUT2D eigenvalue weighted by molar-refractivity contribution is 7.92. The average molecular weight is 392 g/mol. The summed E-state index contributed by atoms with van der Waals surface area (Å²) in [5, 5.41) is 2.72. The van der Waals surface area contributed by atoms with Gasteiger partial charge in [-0.25, -0.2) is 8.42 Å². The lowest BCUT2D eigenvalue weighted by molar-refractivity contribution is -0.124. The van der Waals surface area contributed by atoms with Crippen LogP contribution in [0.25, 0.3) is 0 Å². The minimum Gasteiger partial charge on any atom is -0.484 e. The van der Waals surface area contributed by atoms with Crippen LogP contribution in [0.4, 0.5) is 5.69 Å². The monoisotopic (exact) mass is 392 g/mol. The van der Waals surface area contributed by atoms with Crippen LogP contribution in [0.1, 0.15) is 12.5 Å². The molecule has 0 aliphatic carbocycles. The van der Waals surface area contributed by atoms with E-state index in [9.17, 15) is 13.2 Å². The Balaban J connectivity index is 1.95. The second-order valence-corrected chi connectivity index (χ2v) is 7.84. The first-order valence-electron chi connectivity index (χ1n) is 8.41. The Morgan fingerprint density at radius 2 is 1.85 bits per heavy atom. The van der Waals surface area contributed by atoms with Gasteiger partial charge in [-0.05, 0) is 55.8 Å². The molecule has 0 aromatic heterocycles. The predicted molar refractivity (Wildman–Crippen MR) is 103 cm³/mol. The molecular formula is C19H24N2O5S. The molecule has 0 aliphatic rings.